The Hall–Kier alpha value is -2.62. The van der Waals surface area contributed by atoms with E-state index in [1.807, 2.05) is 20.8 Å². The third kappa shape index (κ3) is 3.79. The molecular formula is C16H20BrN7O2. The Kier molecular flexibility index (Phi) is 4.86. The van der Waals surface area contributed by atoms with Crippen molar-refractivity contribution in [3.8, 4) is 11.1 Å². The highest BCUT2D eigenvalue weighted by Crippen LogP contribution is 2.29. The second-order valence-corrected chi connectivity index (χ2v) is 7.51. The molecular weight excluding hydrogens is 402 g/mol. The number of alkyl carbamates (subject to hydrolysis) is 1. The SMILES string of the molecule is CC(C)(C)OC(=O)NCCc1nc2c(-c3cn[nH]c3)cnn2c(N)c1Br. The summed E-state index contributed by atoms with van der Waals surface area (Å²) in [7, 11) is 0. The predicted molar refractivity (Wildman–Crippen MR) is 101 cm³/mol. The van der Waals surface area contributed by atoms with Gasteiger partial charge in [-0.25, -0.2) is 9.78 Å². The smallest absolute Gasteiger partial charge is 0.407 e. The minimum atomic E-state index is -0.538. The molecule has 0 atom stereocenters. The molecule has 3 aromatic heterocycles. The van der Waals surface area contributed by atoms with Gasteiger partial charge < -0.3 is 15.8 Å². The van der Waals surface area contributed by atoms with Gasteiger partial charge in [0.15, 0.2) is 5.65 Å². The molecule has 0 saturated carbocycles. The summed E-state index contributed by atoms with van der Waals surface area (Å²) in [5, 5.41) is 13.7. The van der Waals surface area contributed by atoms with Crippen molar-refractivity contribution in [1.82, 2.24) is 30.1 Å². The van der Waals surface area contributed by atoms with Crippen molar-refractivity contribution in [3.63, 3.8) is 0 Å². The van der Waals surface area contributed by atoms with Crippen LogP contribution >= 0.6 is 15.9 Å². The maximum atomic E-state index is 11.8. The van der Waals surface area contributed by atoms with Gasteiger partial charge in [0.05, 0.1) is 22.6 Å². The van der Waals surface area contributed by atoms with Gasteiger partial charge in [0.25, 0.3) is 0 Å². The average Bonchev–Trinajstić information content (AvgIpc) is 3.19. The number of nitrogens with one attached hydrogen (secondary N) is 2. The number of anilines is 1. The number of nitrogens with zero attached hydrogens (tertiary/aromatic N) is 4. The van der Waals surface area contributed by atoms with E-state index in [-0.39, 0.29) is 0 Å². The number of aromatic nitrogens is 5. The number of aromatic amines is 1. The highest BCUT2D eigenvalue weighted by Gasteiger charge is 2.18. The van der Waals surface area contributed by atoms with Gasteiger partial charge >= 0.3 is 6.09 Å². The summed E-state index contributed by atoms with van der Waals surface area (Å²) in [5.41, 5.74) is 8.67. The number of carbonyl (C=O) groups excluding carboxylic acids is 1. The maximum absolute atomic E-state index is 11.8. The van der Waals surface area contributed by atoms with Gasteiger partial charge in [-0.05, 0) is 36.7 Å². The van der Waals surface area contributed by atoms with Gasteiger partial charge in [-0.3, -0.25) is 5.10 Å². The van der Waals surface area contributed by atoms with Crippen molar-refractivity contribution in [2.24, 2.45) is 0 Å². The fraction of sp³-hybridized carbons (Fsp3) is 0.375. The monoisotopic (exact) mass is 421 g/mol. The van der Waals surface area contributed by atoms with Gasteiger partial charge in [0.1, 0.15) is 11.4 Å². The first-order valence-electron chi connectivity index (χ1n) is 8.04. The molecule has 9 nitrogen and oxygen atoms in total. The molecule has 0 aromatic carbocycles. The van der Waals surface area contributed by atoms with E-state index in [1.54, 1.807) is 23.1 Å². The van der Waals surface area contributed by atoms with E-state index in [9.17, 15) is 4.79 Å². The number of ether oxygens (including phenoxy) is 1. The Labute approximate surface area is 158 Å². The normalized spacial score (nSPS) is 11.7. The number of rotatable bonds is 4. The van der Waals surface area contributed by atoms with E-state index in [0.29, 0.717) is 28.9 Å². The Bertz CT molecular complexity index is 928. The van der Waals surface area contributed by atoms with Gasteiger partial charge in [-0.2, -0.15) is 14.7 Å². The van der Waals surface area contributed by atoms with Crippen molar-refractivity contribution in [2.75, 3.05) is 12.3 Å². The molecule has 0 unspecified atom stereocenters. The molecule has 26 heavy (non-hydrogen) atoms. The number of hydrogen-bond acceptors (Lipinski definition) is 6. The van der Waals surface area contributed by atoms with Crippen molar-refractivity contribution in [2.45, 2.75) is 32.8 Å². The van der Waals surface area contributed by atoms with Crippen molar-refractivity contribution < 1.29 is 9.53 Å². The molecule has 10 heteroatoms. The van der Waals surface area contributed by atoms with Crippen LogP contribution in [0.4, 0.5) is 10.6 Å². The summed E-state index contributed by atoms with van der Waals surface area (Å²) in [4.78, 5) is 16.4. The van der Waals surface area contributed by atoms with Crippen LogP contribution < -0.4 is 11.1 Å². The van der Waals surface area contributed by atoms with Gasteiger partial charge in [0.2, 0.25) is 0 Å². The molecule has 0 spiro atoms. The average molecular weight is 422 g/mol. The predicted octanol–water partition coefficient (Wildman–Crippen LogP) is 2.53. The Morgan fingerprint density at radius 3 is 2.85 bits per heavy atom. The molecule has 3 heterocycles. The molecule has 0 bridgehead atoms. The number of halogens is 1. The highest BCUT2D eigenvalue weighted by atomic mass is 79.9. The number of hydrogen-bond donors (Lipinski definition) is 3. The first-order valence-corrected chi connectivity index (χ1v) is 8.83. The summed E-state index contributed by atoms with van der Waals surface area (Å²) in [6, 6.07) is 0. The van der Waals surface area contributed by atoms with E-state index in [0.717, 1.165) is 16.8 Å². The van der Waals surface area contributed by atoms with Crippen LogP contribution in [-0.2, 0) is 11.2 Å². The Balaban J connectivity index is 1.81. The topological polar surface area (TPSA) is 123 Å². The zero-order valence-electron chi connectivity index (χ0n) is 14.7. The number of amides is 1. The molecule has 0 radical (unpaired) electrons. The van der Waals surface area contributed by atoms with Crippen molar-refractivity contribution >= 4 is 33.5 Å². The van der Waals surface area contributed by atoms with E-state index < -0.39 is 11.7 Å². The lowest BCUT2D eigenvalue weighted by Gasteiger charge is -2.19. The van der Waals surface area contributed by atoms with Crippen LogP contribution in [0.15, 0.2) is 23.1 Å². The lowest BCUT2D eigenvalue weighted by atomic mass is 10.2. The zero-order chi connectivity index (χ0) is 18.9. The lowest BCUT2D eigenvalue weighted by molar-refractivity contribution is 0.0528. The van der Waals surface area contributed by atoms with Gasteiger partial charge in [-0.15, -0.1) is 0 Å². The third-order valence-electron chi connectivity index (χ3n) is 3.53. The standard InChI is InChI=1S/C16H20BrN7O2/c1-16(2,3)26-15(25)19-5-4-11-12(17)13(18)24-14(23-11)10(8-22-24)9-6-20-21-7-9/h6-8H,4-5,18H2,1-3H3,(H,19,25)(H,20,21). The number of nitrogens with two attached hydrogens (primary N) is 1. The van der Waals surface area contributed by atoms with Gasteiger partial charge in [0, 0.05) is 30.3 Å². The molecule has 3 rings (SSSR count). The minimum Gasteiger partial charge on any atom is -0.444 e. The number of nitrogen functional groups attached to an aromatic ring is 1. The zero-order valence-corrected chi connectivity index (χ0v) is 16.3. The van der Waals surface area contributed by atoms with Crippen LogP contribution in [0.2, 0.25) is 0 Å². The summed E-state index contributed by atoms with van der Waals surface area (Å²) < 4.78 is 7.44. The third-order valence-corrected chi connectivity index (χ3v) is 4.39. The van der Waals surface area contributed by atoms with Crippen LogP contribution in [-0.4, -0.2) is 43.0 Å². The van der Waals surface area contributed by atoms with Crippen LogP contribution in [0.25, 0.3) is 16.8 Å². The Morgan fingerprint density at radius 2 is 2.19 bits per heavy atom. The highest BCUT2D eigenvalue weighted by molar-refractivity contribution is 9.10. The van der Waals surface area contributed by atoms with Crippen molar-refractivity contribution in [1.29, 1.82) is 0 Å². The molecule has 0 saturated heterocycles. The van der Waals surface area contributed by atoms with Crippen LogP contribution in [0.3, 0.4) is 0 Å². The molecule has 0 aliphatic rings. The minimum absolute atomic E-state index is 0.366. The maximum Gasteiger partial charge on any atom is 0.407 e. The van der Waals surface area contributed by atoms with Crippen molar-refractivity contribution in [3.05, 3.63) is 28.8 Å². The van der Waals surface area contributed by atoms with Crippen LogP contribution in [0.5, 0.6) is 0 Å². The summed E-state index contributed by atoms with van der Waals surface area (Å²) in [5.74, 6) is 0.442. The molecule has 138 valence electrons. The fourth-order valence-corrected chi connectivity index (χ4v) is 2.86. The molecule has 0 aliphatic heterocycles. The van der Waals surface area contributed by atoms with E-state index in [2.05, 4.69) is 41.5 Å². The van der Waals surface area contributed by atoms with E-state index in [1.165, 1.54) is 0 Å². The summed E-state index contributed by atoms with van der Waals surface area (Å²) in [6.45, 7) is 5.81. The quantitative estimate of drug-likeness (QED) is 0.594. The lowest BCUT2D eigenvalue weighted by Crippen LogP contribution is -2.33. The second kappa shape index (κ2) is 6.94. The second-order valence-electron chi connectivity index (χ2n) is 6.72. The summed E-state index contributed by atoms with van der Waals surface area (Å²) in [6.07, 6.45) is 5.17. The molecule has 0 fully saturated rings. The van der Waals surface area contributed by atoms with Crippen LogP contribution in [0.1, 0.15) is 26.5 Å². The number of H-pyrrole nitrogens is 1. The molecule has 0 aliphatic carbocycles. The Morgan fingerprint density at radius 1 is 1.42 bits per heavy atom. The first kappa shape index (κ1) is 18.2. The summed E-state index contributed by atoms with van der Waals surface area (Å²) >= 11 is 3.46. The van der Waals surface area contributed by atoms with E-state index >= 15 is 0 Å². The fourth-order valence-electron chi connectivity index (χ4n) is 2.41. The van der Waals surface area contributed by atoms with Crippen LogP contribution in [0, 0.1) is 0 Å². The molecule has 4 N–H and O–H groups in total. The van der Waals surface area contributed by atoms with E-state index in [4.69, 9.17) is 10.5 Å². The number of carbonyl (C=O) groups is 1. The number of fused-ring (bicyclic) bond motifs is 1. The largest absolute Gasteiger partial charge is 0.444 e. The van der Waals surface area contributed by atoms with Gasteiger partial charge in [-0.1, -0.05) is 0 Å². The molecule has 3 aromatic rings. The molecule has 1 amide bonds. The first-order chi connectivity index (χ1) is 12.3.